The maximum Gasteiger partial charge on any atom is 0.259 e. The van der Waals surface area contributed by atoms with Crippen molar-refractivity contribution in [1.82, 2.24) is 10.7 Å². The summed E-state index contributed by atoms with van der Waals surface area (Å²) in [7, 11) is 0. The van der Waals surface area contributed by atoms with Gasteiger partial charge in [0.2, 0.25) is 0 Å². The minimum Gasteiger partial charge on any atom is -0.343 e. The van der Waals surface area contributed by atoms with Crippen molar-refractivity contribution < 1.29 is 9.59 Å². The van der Waals surface area contributed by atoms with E-state index in [1.165, 1.54) is 6.21 Å². The first-order valence-corrected chi connectivity index (χ1v) is 7.90. The Morgan fingerprint density at radius 1 is 1.00 bits per heavy atom. The van der Waals surface area contributed by atoms with E-state index < -0.39 is 5.91 Å². The lowest BCUT2D eigenvalue weighted by atomic mass is 10.2. The van der Waals surface area contributed by atoms with Gasteiger partial charge in [-0.3, -0.25) is 9.59 Å². The molecule has 0 saturated carbocycles. The predicted molar refractivity (Wildman–Crippen MR) is 96.0 cm³/mol. The van der Waals surface area contributed by atoms with Crippen LogP contribution < -0.4 is 10.7 Å². The topological polar surface area (TPSA) is 70.6 Å². The van der Waals surface area contributed by atoms with Crippen LogP contribution in [0.2, 0.25) is 15.1 Å². The lowest BCUT2D eigenvalue weighted by Gasteiger charge is -2.04. The van der Waals surface area contributed by atoms with Crippen LogP contribution >= 0.6 is 34.8 Å². The second-order valence-electron chi connectivity index (χ2n) is 4.65. The fraction of sp³-hybridized carbons (Fsp3) is 0.0625. The summed E-state index contributed by atoms with van der Waals surface area (Å²) in [5.74, 6) is -0.856. The average Bonchev–Trinajstić information content (AvgIpc) is 2.55. The van der Waals surface area contributed by atoms with Gasteiger partial charge in [-0.1, -0.05) is 40.9 Å². The van der Waals surface area contributed by atoms with Crippen molar-refractivity contribution >= 4 is 52.8 Å². The second kappa shape index (κ2) is 8.68. The summed E-state index contributed by atoms with van der Waals surface area (Å²) in [5.41, 5.74) is 3.30. The number of carbonyl (C=O) groups is 2. The van der Waals surface area contributed by atoms with Gasteiger partial charge in [-0.15, -0.1) is 0 Å². The summed E-state index contributed by atoms with van der Waals surface area (Å²) in [5, 5.41) is 7.69. The molecule has 0 aliphatic heterocycles. The van der Waals surface area contributed by atoms with Gasteiger partial charge in [0.1, 0.15) is 0 Å². The highest BCUT2D eigenvalue weighted by Gasteiger charge is 2.07. The molecule has 0 unspecified atom stereocenters. The summed E-state index contributed by atoms with van der Waals surface area (Å²) >= 11 is 17.5. The zero-order valence-corrected chi connectivity index (χ0v) is 14.5. The highest BCUT2D eigenvalue weighted by Crippen LogP contribution is 2.19. The van der Waals surface area contributed by atoms with Gasteiger partial charge in [0.25, 0.3) is 11.8 Å². The lowest BCUT2D eigenvalue weighted by Crippen LogP contribution is -2.34. The van der Waals surface area contributed by atoms with E-state index in [2.05, 4.69) is 15.8 Å². The van der Waals surface area contributed by atoms with E-state index in [4.69, 9.17) is 34.8 Å². The van der Waals surface area contributed by atoms with Crippen LogP contribution in [0.25, 0.3) is 0 Å². The molecule has 0 radical (unpaired) electrons. The van der Waals surface area contributed by atoms with Gasteiger partial charge in [-0.2, -0.15) is 5.10 Å². The first-order valence-electron chi connectivity index (χ1n) is 6.76. The van der Waals surface area contributed by atoms with Crippen LogP contribution in [0.1, 0.15) is 15.9 Å². The minimum absolute atomic E-state index is 0.215. The molecular weight excluding hydrogens is 373 g/mol. The predicted octanol–water partition coefficient (Wildman–Crippen LogP) is 3.53. The van der Waals surface area contributed by atoms with Gasteiger partial charge < -0.3 is 5.32 Å². The Kier molecular flexibility index (Phi) is 6.61. The monoisotopic (exact) mass is 383 g/mol. The molecule has 2 rings (SSSR count). The van der Waals surface area contributed by atoms with Crippen molar-refractivity contribution in [2.24, 2.45) is 5.10 Å². The summed E-state index contributed by atoms with van der Waals surface area (Å²) < 4.78 is 0. The molecule has 0 atom stereocenters. The average molecular weight is 385 g/mol. The standard InChI is InChI=1S/C16H12Cl3N3O2/c17-12-4-1-10(2-5-12)16(24)20-9-15(23)22-21-8-11-3-6-13(18)7-14(11)19/h1-8H,9H2,(H,20,24)(H,22,23)/b21-8+. The van der Waals surface area contributed by atoms with Crippen LogP contribution in [0.15, 0.2) is 47.6 Å². The summed E-state index contributed by atoms with van der Waals surface area (Å²) in [6.45, 7) is -0.215. The summed E-state index contributed by atoms with van der Waals surface area (Å²) in [6, 6.07) is 11.2. The number of hydrazone groups is 1. The smallest absolute Gasteiger partial charge is 0.259 e. The van der Waals surface area contributed by atoms with E-state index in [-0.39, 0.29) is 12.5 Å². The van der Waals surface area contributed by atoms with Gasteiger partial charge in [0.05, 0.1) is 17.8 Å². The van der Waals surface area contributed by atoms with E-state index in [1.54, 1.807) is 42.5 Å². The fourth-order valence-electron chi connectivity index (χ4n) is 1.68. The second-order valence-corrected chi connectivity index (χ2v) is 5.93. The molecule has 24 heavy (non-hydrogen) atoms. The molecule has 2 aromatic carbocycles. The van der Waals surface area contributed by atoms with Crippen LogP contribution in [0, 0.1) is 0 Å². The van der Waals surface area contributed by atoms with E-state index in [9.17, 15) is 9.59 Å². The van der Waals surface area contributed by atoms with E-state index in [0.29, 0.717) is 26.2 Å². The highest BCUT2D eigenvalue weighted by atomic mass is 35.5. The minimum atomic E-state index is -0.473. The summed E-state index contributed by atoms with van der Waals surface area (Å²) in [4.78, 5) is 23.5. The van der Waals surface area contributed by atoms with Gasteiger partial charge in [-0.25, -0.2) is 5.43 Å². The van der Waals surface area contributed by atoms with Crippen LogP contribution in [-0.2, 0) is 4.79 Å². The Labute approximate surface area is 153 Å². The molecule has 0 aliphatic rings. The molecule has 0 fully saturated rings. The Bertz CT molecular complexity index is 777. The van der Waals surface area contributed by atoms with Crippen LogP contribution in [0.3, 0.4) is 0 Å². The third-order valence-electron chi connectivity index (χ3n) is 2.87. The number of halogens is 3. The first-order chi connectivity index (χ1) is 11.5. The quantitative estimate of drug-likeness (QED) is 0.611. The lowest BCUT2D eigenvalue weighted by molar-refractivity contribution is -0.120. The SMILES string of the molecule is O=C(CNC(=O)c1ccc(Cl)cc1)N/N=C/c1ccc(Cl)cc1Cl. The maximum atomic E-state index is 11.8. The first kappa shape index (κ1) is 18.3. The molecule has 8 heteroatoms. The Morgan fingerprint density at radius 3 is 2.33 bits per heavy atom. The van der Waals surface area contributed by atoms with Gasteiger partial charge >= 0.3 is 0 Å². The molecule has 0 bridgehead atoms. The third kappa shape index (κ3) is 5.53. The number of hydrogen-bond donors (Lipinski definition) is 2. The van der Waals surface area contributed by atoms with Crippen molar-refractivity contribution in [3.63, 3.8) is 0 Å². The summed E-state index contributed by atoms with van der Waals surface area (Å²) in [6.07, 6.45) is 1.39. The Hall–Kier alpha value is -2.08. The van der Waals surface area contributed by atoms with Crippen molar-refractivity contribution in [1.29, 1.82) is 0 Å². The third-order valence-corrected chi connectivity index (χ3v) is 3.69. The molecule has 0 aromatic heterocycles. The largest absolute Gasteiger partial charge is 0.343 e. The molecular formula is C16H12Cl3N3O2. The van der Waals surface area contributed by atoms with Crippen molar-refractivity contribution in [2.45, 2.75) is 0 Å². The molecule has 0 spiro atoms. The van der Waals surface area contributed by atoms with Gasteiger partial charge in [0, 0.05) is 21.2 Å². The van der Waals surface area contributed by atoms with Crippen molar-refractivity contribution in [2.75, 3.05) is 6.54 Å². The highest BCUT2D eigenvalue weighted by molar-refractivity contribution is 6.36. The van der Waals surface area contributed by atoms with E-state index in [0.717, 1.165) is 0 Å². The molecule has 0 heterocycles. The molecule has 5 nitrogen and oxygen atoms in total. The molecule has 2 N–H and O–H groups in total. The zero-order chi connectivity index (χ0) is 17.5. The van der Waals surface area contributed by atoms with Gasteiger partial charge in [-0.05, 0) is 36.4 Å². The number of benzene rings is 2. The van der Waals surface area contributed by atoms with Crippen molar-refractivity contribution in [3.8, 4) is 0 Å². The molecule has 124 valence electrons. The molecule has 0 aliphatic carbocycles. The normalized spacial score (nSPS) is 10.6. The van der Waals surface area contributed by atoms with Crippen LogP contribution in [0.5, 0.6) is 0 Å². The van der Waals surface area contributed by atoms with Gasteiger partial charge in [0.15, 0.2) is 0 Å². The number of rotatable bonds is 5. The molecule has 2 aromatic rings. The zero-order valence-electron chi connectivity index (χ0n) is 12.2. The number of amides is 2. The van der Waals surface area contributed by atoms with Crippen LogP contribution in [-0.4, -0.2) is 24.6 Å². The Balaban J connectivity index is 1.81. The van der Waals surface area contributed by atoms with Crippen molar-refractivity contribution in [3.05, 3.63) is 68.7 Å². The number of carbonyl (C=O) groups excluding carboxylic acids is 2. The van der Waals surface area contributed by atoms with E-state index >= 15 is 0 Å². The molecule has 0 saturated heterocycles. The number of nitrogens with zero attached hydrogens (tertiary/aromatic N) is 1. The van der Waals surface area contributed by atoms with Crippen LogP contribution in [0.4, 0.5) is 0 Å². The fourth-order valence-corrected chi connectivity index (χ4v) is 2.27. The Morgan fingerprint density at radius 2 is 1.67 bits per heavy atom. The molecule has 2 amide bonds. The number of nitrogens with one attached hydrogen (secondary N) is 2. The van der Waals surface area contributed by atoms with E-state index in [1.807, 2.05) is 0 Å². The number of hydrogen-bond acceptors (Lipinski definition) is 3. The maximum absolute atomic E-state index is 11.8.